The molecule has 1 atom stereocenters. The molecule has 19 heavy (non-hydrogen) atoms. The van der Waals surface area contributed by atoms with Gasteiger partial charge in [-0.3, -0.25) is 4.79 Å². The molecule has 9 heteroatoms. The molecule has 2 aromatic heterocycles. The maximum absolute atomic E-state index is 11.7. The predicted octanol–water partition coefficient (Wildman–Crippen LogP) is 1.08. The third kappa shape index (κ3) is 4.28. The first-order chi connectivity index (χ1) is 9.15. The molecule has 0 aliphatic rings. The quantitative estimate of drug-likeness (QED) is 0.828. The summed E-state index contributed by atoms with van der Waals surface area (Å²) in [6, 6.07) is -0.242. The highest BCUT2D eigenvalue weighted by molar-refractivity contribution is 7.99. The third-order valence-corrected chi connectivity index (χ3v) is 4.06. The molecular weight excluding hydrogens is 284 g/mol. The summed E-state index contributed by atoms with van der Waals surface area (Å²) >= 11 is 3.16. The van der Waals surface area contributed by atoms with Crippen LogP contribution in [0, 0.1) is 6.92 Å². The second-order valence-corrected chi connectivity index (χ2v) is 5.96. The van der Waals surface area contributed by atoms with E-state index in [4.69, 9.17) is 0 Å². The van der Waals surface area contributed by atoms with Crippen LogP contribution < -0.4 is 5.32 Å². The molecular formula is C10H14N6OS2. The number of aromatic amines is 1. The van der Waals surface area contributed by atoms with Crippen LogP contribution in [-0.4, -0.2) is 37.3 Å². The Labute approximate surface area is 118 Å². The maximum atomic E-state index is 11.7. The lowest BCUT2D eigenvalue weighted by molar-refractivity contribution is -0.119. The molecule has 0 aromatic carbocycles. The SMILES string of the molecule is Cc1nc(CSCC(=O)NC(C)c2nn[nH]n2)cs1. The molecule has 102 valence electrons. The summed E-state index contributed by atoms with van der Waals surface area (Å²) in [4.78, 5) is 16.1. The van der Waals surface area contributed by atoms with Crippen LogP contribution in [0.25, 0.3) is 0 Å². The average molecular weight is 298 g/mol. The Morgan fingerprint density at radius 3 is 3.11 bits per heavy atom. The van der Waals surface area contributed by atoms with E-state index in [2.05, 4.69) is 30.9 Å². The number of aromatic nitrogens is 5. The van der Waals surface area contributed by atoms with Crippen molar-refractivity contribution < 1.29 is 4.79 Å². The van der Waals surface area contributed by atoms with Crippen molar-refractivity contribution in [1.29, 1.82) is 0 Å². The molecule has 0 spiro atoms. The van der Waals surface area contributed by atoms with Gasteiger partial charge in [0.05, 0.1) is 22.5 Å². The number of amides is 1. The molecule has 0 saturated heterocycles. The van der Waals surface area contributed by atoms with Crippen molar-refractivity contribution in [3.63, 3.8) is 0 Å². The van der Waals surface area contributed by atoms with Gasteiger partial charge >= 0.3 is 0 Å². The van der Waals surface area contributed by atoms with E-state index >= 15 is 0 Å². The van der Waals surface area contributed by atoms with Gasteiger partial charge in [-0.05, 0) is 13.8 Å². The topological polar surface area (TPSA) is 96.5 Å². The smallest absolute Gasteiger partial charge is 0.230 e. The normalized spacial score (nSPS) is 12.3. The fraction of sp³-hybridized carbons (Fsp3) is 0.500. The highest BCUT2D eigenvalue weighted by Crippen LogP contribution is 2.15. The number of thioether (sulfide) groups is 1. The number of rotatable bonds is 6. The summed E-state index contributed by atoms with van der Waals surface area (Å²) in [5, 5.41) is 19.3. The number of nitrogens with zero attached hydrogens (tertiary/aromatic N) is 4. The van der Waals surface area contributed by atoms with Crippen LogP contribution in [0.1, 0.15) is 29.5 Å². The van der Waals surface area contributed by atoms with Gasteiger partial charge in [-0.2, -0.15) is 5.21 Å². The van der Waals surface area contributed by atoms with Crippen molar-refractivity contribution in [2.24, 2.45) is 0 Å². The summed E-state index contributed by atoms with van der Waals surface area (Å²) in [5.41, 5.74) is 1.02. The van der Waals surface area contributed by atoms with Crippen molar-refractivity contribution in [3.05, 3.63) is 21.9 Å². The lowest BCUT2D eigenvalue weighted by atomic mass is 10.3. The van der Waals surface area contributed by atoms with E-state index in [-0.39, 0.29) is 11.9 Å². The molecule has 0 aliphatic heterocycles. The summed E-state index contributed by atoms with van der Waals surface area (Å²) in [5.74, 6) is 1.57. The van der Waals surface area contributed by atoms with E-state index in [1.165, 1.54) is 11.8 Å². The number of hydrogen-bond acceptors (Lipinski definition) is 7. The molecule has 2 heterocycles. The van der Waals surface area contributed by atoms with Gasteiger partial charge in [0.15, 0.2) is 5.82 Å². The fourth-order valence-corrected chi connectivity index (χ4v) is 2.87. The lowest BCUT2D eigenvalue weighted by Gasteiger charge is -2.09. The van der Waals surface area contributed by atoms with Crippen LogP contribution in [0.3, 0.4) is 0 Å². The highest BCUT2D eigenvalue weighted by Gasteiger charge is 2.13. The molecule has 0 saturated carbocycles. The lowest BCUT2D eigenvalue weighted by Crippen LogP contribution is -2.28. The van der Waals surface area contributed by atoms with Crippen LogP contribution in [0.4, 0.5) is 0 Å². The van der Waals surface area contributed by atoms with Crippen molar-refractivity contribution in [1.82, 2.24) is 30.9 Å². The Hall–Kier alpha value is -1.48. The molecule has 2 rings (SSSR count). The second-order valence-electron chi connectivity index (χ2n) is 3.91. The van der Waals surface area contributed by atoms with Gasteiger partial charge in [-0.15, -0.1) is 33.3 Å². The number of thiazole rings is 1. The van der Waals surface area contributed by atoms with Crippen LogP contribution in [0.5, 0.6) is 0 Å². The van der Waals surface area contributed by atoms with E-state index in [9.17, 15) is 4.79 Å². The number of aryl methyl sites for hydroxylation is 1. The van der Waals surface area contributed by atoms with Gasteiger partial charge in [0.2, 0.25) is 5.91 Å². The van der Waals surface area contributed by atoms with Crippen LogP contribution >= 0.6 is 23.1 Å². The molecule has 1 unspecified atom stereocenters. The van der Waals surface area contributed by atoms with E-state index < -0.39 is 0 Å². The number of tetrazole rings is 1. The van der Waals surface area contributed by atoms with Gasteiger partial charge < -0.3 is 5.32 Å². The summed E-state index contributed by atoms with van der Waals surface area (Å²) in [7, 11) is 0. The van der Waals surface area contributed by atoms with E-state index in [0.717, 1.165) is 16.5 Å². The molecule has 0 radical (unpaired) electrons. The minimum atomic E-state index is -0.242. The molecule has 2 N–H and O–H groups in total. The van der Waals surface area contributed by atoms with Crippen molar-refractivity contribution >= 4 is 29.0 Å². The zero-order valence-electron chi connectivity index (χ0n) is 10.6. The zero-order chi connectivity index (χ0) is 13.7. The van der Waals surface area contributed by atoms with Gasteiger partial charge in [0.25, 0.3) is 0 Å². The molecule has 2 aromatic rings. The number of carbonyl (C=O) groups excluding carboxylic acids is 1. The first kappa shape index (κ1) is 13.9. The van der Waals surface area contributed by atoms with Crippen LogP contribution in [0.15, 0.2) is 5.38 Å². The van der Waals surface area contributed by atoms with E-state index in [1.54, 1.807) is 11.3 Å². The zero-order valence-corrected chi connectivity index (χ0v) is 12.2. The summed E-state index contributed by atoms with van der Waals surface area (Å²) in [6.07, 6.45) is 0. The van der Waals surface area contributed by atoms with Gasteiger partial charge in [-0.25, -0.2) is 4.98 Å². The largest absolute Gasteiger partial charge is 0.345 e. The maximum Gasteiger partial charge on any atom is 0.230 e. The predicted molar refractivity (Wildman–Crippen MR) is 73.7 cm³/mol. The molecule has 0 aliphatic carbocycles. The van der Waals surface area contributed by atoms with Crippen molar-refractivity contribution in [2.45, 2.75) is 25.6 Å². The number of H-pyrrole nitrogens is 1. The first-order valence-corrected chi connectivity index (χ1v) is 7.70. The Balaban J connectivity index is 1.70. The minimum Gasteiger partial charge on any atom is -0.345 e. The van der Waals surface area contributed by atoms with Crippen LogP contribution in [0.2, 0.25) is 0 Å². The molecule has 0 bridgehead atoms. The molecule has 7 nitrogen and oxygen atoms in total. The Morgan fingerprint density at radius 1 is 1.63 bits per heavy atom. The number of nitrogens with one attached hydrogen (secondary N) is 2. The number of hydrogen-bond donors (Lipinski definition) is 2. The van der Waals surface area contributed by atoms with E-state index in [1.807, 2.05) is 19.2 Å². The molecule has 0 fully saturated rings. The second kappa shape index (κ2) is 6.62. The third-order valence-electron chi connectivity index (χ3n) is 2.28. The van der Waals surface area contributed by atoms with Crippen molar-refractivity contribution in [2.75, 3.05) is 5.75 Å². The Bertz CT molecular complexity index is 526. The Kier molecular flexibility index (Phi) is 4.86. The summed E-state index contributed by atoms with van der Waals surface area (Å²) in [6.45, 7) is 3.79. The first-order valence-electron chi connectivity index (χ1n) is 5.66. The van der Waals surface area contributed by atoms with Crippen LogP contribution in [-0.2, 0) is 10.5 Å². The monoisotopic (exact) mass is 298 g/mol. The molecule has 1 amide bonds. The number of carbonyl (C=O) groups is 1. The van der Waals surface area contributed by atoms with Gasteiger partial charge in [0, 0.05) is 11.1 Å². The summed E-state index contributed by atoms with van der Waals surface area (Å²) < 4.78 is 0. The van der Waals surface area contributed by atoms with E-state index in [0.29, 0.717) is 11.6 Å². The van der Waals surface area contributed by atoms with Gasteiger partial charge in [0.1, 0.15) is 0 Å². The van der Waals surface area contributed by atoms with Crippen molar-refractivity contribution in [3.8, 4) is 0 Å². The highest BCUT2D eigenvalue weighted by atomic mass is 32.2. The fourth-order valence-electron chi connectivity index (χ4n) is 1.42. The Morgan fingerprint density at radius 2 is 2.47 bits per heavy atom. The van der Waals surface area contributed by atoms with Gasteiger partial charge in [-0.1, -0.05) is 5.21 Å². The standard InChI is InChI=1S/C10H14N6OS2/c1-6(10-13-15-16-14-10)11-9(17)5-18-3-8-4-19-7(2)12-8/h4,6H,3,5H2,1-2H3,(H,11,17)(H,13,14,15,16). The minimum absolute atomic E-state index is 0.0470. The average Bonchev–Trinajstić information content (AvgIpc) is 3.00.